The molecule has 1 aliphatic rings. The summed E-state index contributed by atoms with van der Waals surface area (Å²) in [6.45, 7) is 4.50. The van der Waals surface area contributed by atoms with Crippen LogP contribution < -0.4 is 0 Å². The van der Waals surface area contributed by atoms with Gasteiger partial charge in [0.15, 0.2) is 12.2 Å². The van der Waals surface area contributed by atoms with Crippen molar-refractivity contribution in [3.05, 3.63) is 60.2 Å². The van der Waals surface area contributed by atoms with Gasteiger partial charge in [0, 0.05) is 43.4 Å². The van der Waals surface area contributed by atoms with E-state index in [1.807, 2.05) is 37.4 Å². The van der Waals surface area contributed by atoms with Crippen LogP contribution in [-0.2, 0) is 16.0 Å². The van der Waals surface area contributed by atoms with Gasteiger partial charge in [0.1, 0.15) is 5.76 Å². The Balaban J connectivity index is 0.000000325. The van der Waals surface area contributed by atoms with Crippen molar-refractivity contribution in [2.24, 2.45) is 5.92 Å². The Hall–Kier alpha value is -3.67. The summed E-state index contributed by atoms with van der Waals surface area (Å²) in [5.41, 5.74) is 4.11. The molecular weight excluding hydrogens is 485 g/mol. The minimum absolute atomic E-state index is 0.203. The van der Waals surface area contributed by atoms with Crippen molar-refractivity contribution in [2.45, 2.75) is 32.0 Å². The van der Waals surface area contributed by atoms with Crippen LogP contribution in [0.5, 0.6) is 0 Å². The van der Waals surface area contributed by atoms with E-state index in [2.05, 4.69) is 27.0 Å². The Morgan fingerprint density at radius 2 is 1.73 bits per heavy atom. The Kier molecular flexibility index (Phi) is 9.84. The van der Waals surface area contributed by atoms with Crippen molar-refractivity contribution in [2.75, 3.05) is 26.3 Å². The van der Waals surface area contributed by atoms with Crippen LogP contribution in [0.2, 0.25) is 0 Å². The lowest BCUT2D eigenvalue weighted by molar-refractivity contribution is -0.165. The zero-order valence-electron chi connectivity index (χ0n) is 20.3. The average Bonchev–Trinajstić information content (AvgIpc) is 3.53. The Morgan fingerprint density at radius 3 is 2.27 bits per heavy atom. The second kappa shape index (κ2) is 13.0. The van der Waals surface area contributed by atoms with Crippen molar-refractivity contribution in [1.29, 1.82) is 0 Å². The van der Waals surface area contributed by atoms with E-state index in [0.717, 1.165) is 60.6 Å². The molecule has 4 N–H and O–H groups in total. The molecule has 4 rings (SSSR count). The Morgan fingerprint density at radius 1 is 1.08 bits per heavy atom. The number of alkyl halides is 1. The lowest BCUT2D eigenvalue weighted by Gasteiger charge is -2.14. The predicted molar refractivity (Wildman–Crippen MR) is 131 cm³/mol. The van der Waals surface area contributed by atoms with Gasteiger partial charge in [-0.2, -0.15) is 0 Å². The molecule has 198 valence electrons. The summed E-state index contributed by atoms with van der Waals surface area (Å²) in [7, 11) is 0. The molecule has 3 aromatic rings. The lowest BCUT2D eigenvalue weighted by Crippen LogP contribution is -2.39. The van der Waals surface area contributed by atoms with Crippen LogP contribution in [0, 0.1) is 12.8 Å². The summed E-state index contributed by atoms with van der Waals surface area (Å²) in [6, 6.07) is 12.2. The van der Waals surface area contributed by atoms with Gasteiger partial charge in [-0.1, -0.05) is 18.2 Å². The molecule has 37 heavy (non-hydrogen) atoms. The number of carboxylic acids is 2. The van der Waals surface area contributed by atoms with Gasteiger partial charge in [-0.05, 0) is 49.2 Å². The SMILES string of the molecule is Cc1nc(-c2ccc(-c3cccnc3)cc2)oc1CCN1CC[C@@H](CF)C1.O=C(O)C(O)C(O)C(=O)O. The molecule has 0 amide bonds. The third-order valence-electron chi connectivity index (χ3n) is 6.07. The number of carboxylic acid groups (broad SMARTS) is 2. The van der Waals surface area contributed by atoms with Gasteiger partial charge in [0.2, 0.25) is 5.89 Å². The van der Waals surface area contributed by atoms with E-state index in [1.165, 1.54) is 0 Å². The molecule has 3 heterocycles. The van der Waals surface area contributed by atoms with Crippen LogP contribution in [0.3, 0.4) is 0 Å². The first-order valence-corrected chi connectivity index (χ1v) is 11.8. The minimum atomic E-state index is -2.27. The molecule has 0 aliphatic carbocycles. The highest BCUT2D eigenvalue weighted by molar-refractivity contribution is 5.83. The molecule has 11 heteroatoms. The van der Waals surface area contributed by atoms with E-state index < -0.39 is 24.1 Å². The molecule has 1 aliphatic heterocycles. The van der Waals surface area contributed by atoms with Crippen molar-refractivity contribution in [3.8, 4) is 22.6 Å². The molecule has 1 saturated heterocycles. The van der Waals surface area contributed by atoms with Gasteiger partial charge in [0.25, 0.3) is 0 Å². The fourth-order valence-corrected chi connectivity index (χ4v) is 3.89. The van der Waals surface area contributed by atoms with Gasteiger partial charge in [-0.3, -0.25) is 9.37 Å². The highest BCUT2D eigenvalue weighted by atomic mass is 19.1. The van der Waals surface area contributed by atoms with E-state index in [-0.39, 0.29) is 12.6 Å². The molecule has 0 radical (unpaired) electrons. The zero-order valence-corrected chi connectivity index (χ0v) is 20.3. The number of nitrogens with zero attached hydrogens (tertiary/aromatic N) is 3. The van der Waals surface area contributed by atoms with E-state index in [9.17, 15) is 14.0 Å². The van der Waals surface area contributed by atoms with Crippen molar-refractivity contribution >= 4 is 11.9 Å². The summed E-state index contributed by atoms with van der Waals surface area (Å²) < 4.78 is 18.8. The Labute approximate surface area is 213 Å². The lowest BCUT2D eigenvalue weighted by atomic mass is 10.1. The first kappa shape index (κ1) is 27.9. The number of hydrogen-bond donors (Lipinski definition) is 4. The van der Waals surface area contributed by atoms with Crippen LogP contribution in [-0.4, -0.2) is 85.7 Å². The van der Waals surface area contributed by atoms with Gasteiger partial charge >= 0.3 is 11.9 Å². The fraction of sp³-hybridized carbons (Fsp3) is 0.385. The van der Waals surface area contributed by atoms with E-state index >= 15 is 0 Å². The molecular formula is C26H30FN3O7. The molecule has 10 nitrogen and oxygen atoms in total. The summed E-state index contributed by atoms with van der Waals surface area (Å²) >= 11 is 0. The maximum absolute atomic E-state index is 12.8. The van der Waals surface area contributed by atoms with Crippen LogP contribution in [0.15, 0.2) is 53.2 Å². The zero-order chi connectivity index (χ0) is 26.9. The third-order valence-corrected chi connectivity index (χ3v) is 6.07. The van der Waals surface area contributed by atoms with Crippen molar-refractivity contribution in [1.82, 2.24) is 14.9 Å². The summed E-state index contributed by atoms with van der Waals surface area (Å²) in [6.07, 6.45) is 0.865. The standard InChI is InChI=1S/C22H24FN3O.C4H6O6/c1-16-21(9-12-26-11-8-17(13-23)15-26)27-22(25-16)19-6-4-18(5-7-19)20-3-2-10-24-14-20;5-1(3(7)8)2(6)4(9)10/h2-7,10,14,17H,8-9,11-13,15H2,1H3;1-2,5-6H,(H,7,8)(H,9,10)/t17-;/m0./s1. The monoisotopic (exact) mass is 515 g/mol. The quantitative estimate of drug-likeness (QED) is 0.334. The maximum Gasteiger partial charge on any atom is 0.335 e. The van der Waals surface area contributed by atoms with Crippen molar-refractivity contribution in [3.63, 3.8) is 0 Å². The number of pyridine rings is 1. The molecule has 0 saturated carbocycles. The van der Waals surface area contributed by atoms with Crippen LogP contribution >= 0.6 is 0 Å². The highest BCUT2D eigenvalue weighted by Gasteiger charge is 2.29. The van der Waals surface area contributed by atoms with E-state index in [0.29, 0.717) is 5.89 Å². The average molecular weight is 516 g/mol. The number of likely N-dealkylation sites (tertiary alicyclic amines) is 1. The van der Waals surface area contributed by atoms with Crippen LogP contribution in [0.1, 0.15) is 17.9 Å². The second-order valence-corrected chi connectivity index (χ2v) is 8.77. The smallest absolute Gasteiger partial charge is 0.335 e. The number of halogens is 1. The maximum atomic E-state index is 12.8. The number of carbonyl (C=O) groups is 2. The largest absolute Gasteiger partial charge is 0.479 e. The van der Waals surface area contributed by atoms with Gasteiger partial charge in [-0.15, -0.1) is 0 Å². The second-order valence-electron chi connectivity index (χ2n) is 8.77. The normalized spacial score (nSPS) is 17.0. The highest BCUT2D eigenvalue weighted by Crippen LogP contribution is 2.26. The van der Waals surface area contributed by atoms with Gasteiger partial charge in [0.05, 0.1) is 12.4 Å². The van der Waals surface area contributed by atoms with Crippen LogP contribution in [0.4, 0.5) is 4.39 Å². The number of benzene rings is 1. The molecule has 0 spiro atoms. The first-order valence-electron chi connectivity index (χ1n) is 11.8. The molecule has 1 fully saturated rings. The molecule has 2 aromatic heterocycles. The number of rotatable bonds is 9. The Bertz CT molecular complexity index is 1150. The summed E-state index contributed by atoms with van der Waals surface area (Å²) in [5, 5.41) is 32.5. The van der Waals surface area contributed by atoms with Gasteiger partial charge in [-0.25, -0.2) is 14.6 Å². The number of hydrogen-bond acceptors (Lipinski definition) is 8. The number of aryl methyl sites for hydroxylation is 1. The number of aromatic nitrogens is 2. The summed E-state index contributed by atoms with van der Waals surface area (Å²) in [4.78, 5) is 30.6. The fourth-order valence-electron chi connectivity index (χ4n) is 3.89. The topological polar surface area (TPSA) is 157 Å². The molecule has 2 unspecified atom stereocenters. The van der Waals surface area contributed by atoms with Crippen molar-refractivity contribution < 1.29 is 38.8 Å². The van der Waals surface area contributed by atoms with E-state index in [1.54, 1.807) is 6.20 Å². The third kappa shape index (κ3) is 7.66. The molecule has 3 atom stereocenters. The number of aliphatic hydroxyl groups is 2. The van der Waals surface area contributed by atoms with E-state index in [4.69, 9.17) is 24.8 Å². The van der Waals surface area contributed by atoms with Crippen LogP contribution in [0.25, 0.3) is 22.6 Å². The molecule has 1 aromatic carbocycles. The first-order chi connectivity index (χ1) is 17.7. The predicted octanol–water partition coefficient (Wildman–Crippen LogP) is 2.42. The number of aliphatic carboxylic acids is 2. The number of aliphatic hydroxyl groups excluding tert-OH is 2. The number of oxazole rings is 1. The minimum Gasteiger partial charge on any atom is -0.479 e. The van der Waals surface area contributed by atoms with Gasteiger partial charge < -0.3 is 29.7 Å². The molecule has 0 bridgehead atoms. The summed E-state index contributed by atoms with van der Waals surface area (Å²) in [5.74, 6) is -1.76.